The van der Waals surface area contributed by atoms with Crippen LogP contribution in [0.25, 0.3) is 0 Å². The first kappa shape index (κ1) is 16.3. The number of aryl methyl sites for hydroxylation is 1. The molecule has 1 aromatic carbocycles. The smallest absolute Gasteiger partial charge is 0.335 e. The van der Waals surface area contributed by atoms with Crippen molar-refractivity contribution >= 4 is 11.8 Å². The third-order valence-electron chi connectivity index (χ3n) is 2.85. The molecule has 0 saturated heterocycles. The zero-order valence-electron chi connectivity index (χ0n) is 10.7. The summed E-state index contributed by atoms with van der Waals surface area (Å²) < 4.78 is 0. The number of rotatable bonds is 6. The largest absolute Gasteiger partial charge is 0.479 e. The molecule has 0 aromatic heterocycles. The summed E-state index contributed by atoms with van der Waals surface area (Å²) in [5.41, 5.74) is 0.983. The molecule has 1 rings (SSSR count). The molecular formula is C13H16O7. The fourth-order valence-corrected chi connectivity index (χ4v) is 1.56. The lowest BCUT2D eigenvalue weighted by molar-refractivity contribution is -0.161. The molecule has 20 heavy (non-hydrogen) atoms. The third-order valence-corrected chi connectivity index (χ3v) is 2.85. The molecule has 1 aromatic rings. The Morgan fingerprint density at radius 3 is 1.80 bits per heavy atom. The second-order valence-electron chi connectivity index (χ2n) is 4.44. The number of ketones is 1. The van der Waals surface area contributed by atoms with Crippen molar-refractivity contribution in [2.45, 2.75) is 31.3 Å². The highest BCUT2D eigenvalue weighted by molar-refractivity contribution is 5.99. The van der Waals surface area contributed by atoms with Crippen LogP contribution >= 0.6 is 0 Å². The third kappa shape index (κ3) is 3.61. The van der Waals surface area contributed by atoms with E-state index in [1.807, 2.05) is 0 Å². The average Bonchev–Trinajstić information content (AvgIpc) is 2.44. The number of aliphatic carboxylic acids is 1. The molecule has 7 nitrogen and oxygen atoms in total. The van der Waals surface area contributed by atoms with Gasteiger partial charge in [-0.25, -0.2) is 4.79 Å². The van der Waals surface area contributed by atoms with Crippen LogP contribution in [0.4, 0.5) is 0 Å². The van der Waals surface area contributed by atoms with Gasteiger partial charge in [-0.3, -0.25) is 4.79 Å². The van der Waals surface area contributed by atoms with Crippen LogP contribution in [0.2, 0.25) is 0 Å². The zero-order chi connectivity index (χ0) is 15.4. The molecule has 0 fully saturated rings. The summed E-state index contributed by atoms with van der Waals surface area (Å²) in [6.45, 7) is 1.80. The van der Waals surface area contributed by atoms with E-state index in [4.69, 9.17) is 10.2 Å². The number of aliphatic hydroxyl groups is 4. The van der Waals surface area contributed by atoms with Gasteiger partial charge in [0.15, 0.2) is 11.9 Å². The summed E-state index contributed by atoms with van der Waals surface area (Å²) in [7, 11) is 0. The molecule has 0 saturated carbocycles. The zero-order valence-corrected chi connectivity index (χ0v) is 10.7. The quantitative estimate of drug-likeness (QED) is 0.410. The Bertz CT molecular complexity index is 482. The van der Waals surface area contributed by atoms with Crippen molar-refractivity contribution in [1.82, 2.24) is 0 Å². The van der Waals surface area contributed by atoms with Crippen molar-refractivity contribution in [3.05, 3.63) is 35.4 Å². The van der Waals surface area contributed by atoms with Crippen LogP contribution in [0.5, 0.6) is 0 Å². The van der Waals surface area contributed by atoms with Crippen LogP contribution in [0.1, 0.15) is 15.9 Å². The number of hydrogen-bond acceptors (Lipinski definition) is 6. The van der Waals surface area contributed by atoms with E-state index in [1.54, 1.807) is 19.1 Å². The molecule has 0 aliphatic heterocycles. The first-order valence-corrected chi connectivity index (χ1v) is 5.81. The molecule has 0 aliphatic carbocycles. The number of aliphatic hydroxyl groups excluding tert-OH is 4. The van der Waals surface area contributed by atoms with Gasteiger partial charge in [0, 0.05) is 5.56 Å². The van der Waals surface area contributed by atoms with E-state index in [0.717, 1.165) is 5.56 Å². The van der Waals surface area contributed by atoms with Crippen LogP contribution in [-0.4, -0.2) is 61.7 Å². The number of carbonyl (C=O) groups excluding carboxylic acids is 1. The second-order valence-corrected chi connectivity index (χ2v) is 4.44. The van der Waals surface area contributed by atoms with E-state index >= 15 is 0 Å². The normalized spacial score (nSPS) is 17.1. The molecule has 4 atom stereocenters. The van der Waals surface area contributed by atoms with Crippen LogP contribution < -0.4 is 0 Å². The molecule has 110 valence electrons. The molecule has 0 aliphatic rings. The Morgan fingerprint density at radius 1 is 0.900 bits per heavy atom. The van der Waals surface area contributed by atoms with Gasteiger partial charge in [-0.1, -0.05) is 29.8 Å². The molecule has 0 radical (unpaired) electrons. The van der Waals surface area contributed by atoms with Crippen molar-refractivity contribution in [2.75, 3.05) is 0 Å². The molecule has 0 amide bonds. The predicted octanol–water partition coefficient (Wildman–Crippen LogP) is -1.29. The fraction of sp³-hybridized carbons (Fsp3) is 0.385. The van der Waals surface area contributed by atoms with Gasteiger partial charge in [-0.2, -0.15) is 0 Å². The average molecular weight is 284 g/mol. The SMILES string of the molecule is Cc1ccc(C(=O)[C@H](O)[C@@H](O)[C@H](O)[C@H](O)C(=O)O)cc1. The molecule has 7 heteroatoms. The lowest BCUT2D eigenvalue weighted by atomic mass is 9.96. The number of hydrogen-bond donors (Lipinski definition) is 5. The Kier molecular flexibility index (Phi) is 5.34. The van der Waals surface area contributed by atoms with E-state index in [1.165, 1.54) is 12.1 Å². The summed E-state index contributed by atoms with van der Waals surface area (Å²) in [5.74, 6) is -2.65. The summed E-state index contributed by atoms with van der Waals surface area (Å²) >= 11 is 0. The Hall–Kier alpha value is -1.80. The molecule has 5 N–H and O–H groups in total. The lowest BCUT2D eigenvalue weighted by Crippen LogP contribution is -2.50. The minimum absolute atomic E-state index is 0.0964. The van der Waals surface area contributed by atoms with Gasteiger partial charge in [0.1, 0.15) is 18.3 Å². The van der Waals surface area contributed by atoms with Gasteiger partial charge < -0.3 is 25.5 Å². The monoisotopic (exact) mass is 284 g/mol. The highest BCUT2D eigenvalue weighted by atomic mass is 16.4. The van der Waals surface area contributed by atoms with E-state index < -0.39 is 36.2 Å². The summed E-state index contributed by atoms with van der Waals surface area (Å²) in [6, 6.07) is 6.09. The molecule has 0 bridgehead atoms. The maximum Gasteiger partial charge on any atom is 0.335 e. The van der Waals surface area contributed by atoms with E-state index in [-0.39, 0.29) is 5.56 Å². The number of carboxylic acids is 1. The van der Waals surface area contributed by atoms with Crippen molar-refractivity contribution in [2.24, 2.45) is 0 Å². The lowest BCUT2D eigenvalue weighted by Gasteiger charge is -2.23. The van der Waals surface area contributed by atoms with Gasteiger partial charge in [-0.15, -0.1) is 0 Å². The highest BCUT2D eigenvalue weighted by Gasteiger charge is 2.37. The second kappa shape index (κ2) is 6.58. The van der Waals surface area contributed by atoms with Gasteiger partial charge in [0.25, 0.3) is 0 Å². The number of Topliss-reactive ketones (excluding diaryl/α,β-unsaturated/α-hetero) is 1. The minimum atomic E-state index is -2.30. The predicted molar refractivity (Wildman–Crippen MR) is 67.2 cm³/mol. The van der Waals surface area contributed by atoms with Crippen molar-refractivity contribution in [3.8, 4) is 0 Å². The molecule has 0 heterocycles. The molecule has 0 spiro atoms. The van der Waals surface area contributed by atoms with Crippen LogP contribution in [0, 0.1) is 6.92 Å². The van der Waals surface area contributed by atoms with E-state index in [2.05, 4.69) is 0 Å². The Balaban J connectivity index is 2.83. The van der Waals surface area contributed by atoms with E-state index in [0.29, 0.717) is 0 Å². The van der Waals surface area contributed by atoms with Crippen LogP contribution in [-0.2, 0) is 4.79 Å². The molecule has 0 unspecified atom stereocenters. The summed E-state index contributed by atoms with van der Waals surface area (Å²) in [5, 5.41) is 46.1. The Labute approximate surface area is 114 Å². The maximum absolute atomic E-state index is 11.8. The summed E-state index contributed by atoms with van der Waals surface area (Å²) in [4.78, 5) is 22.3. The van der Waals surface area contributed by atoms with Crippen molar-refractivity contribution in [3.63, 3.8) is 0 Å². The first-order chi connectivity index (χ1) is 9.25. The number of benzene rings is 1. The Morgan fingerprint density at radius 2 is 1.35 bits per heavy atom. The molecular weight excluding hydrogens is 268 g/mol. The topological polar surface area (TPSA) is 135 Å². The first-order valence-electron chi connectivity index (χ1n) is 5.81. The minimum Gasteiger partial charge on any atom is -0.479 e. The van der Waals surface area contributed by atoms with Crippen molar-refractivity contribution in [1.29, 1.82) is 0 Å². The van der Waals surface area contributed by atoms with Gasteiger partial charge in [0.05, 0.1) is 0 Å². The number of carboxylic acid groups (broad SMARTS) is 1. The fourth-order valence-electron chi connectivity index (χ4n) is 1.56. The number of carbonyl (C=O) groups is 2. The maximum atomic E-state index is 11.8. The van der Waals surface area contributed by atoms with Gasteiger partial charge in [0.2, 0.25) is 0 Å². The van der Waals surface area contributed by atoms with Crippen molar-refractivity contribution < 1.29 is 35.1 Å². The van der Waals surface area contributed by atoms with Crippen LogP contribution in [0.3, 0.4) is 0 Å². The highest BCUT2D eigenvalue weighted by Crippen LogP contribution is 2.12. The van der Waals surface area contributed by atoms with Crippen LogP contribution in [0.15, 0.2) is 24.3 Å². The van der Waals surface area contributed by atoms with E-state index in [9.17, 15) is 24.9 Å². The van der Waals surface area contributed by atoms with Gasteiger partial charge in [-0.05, 0) is 6.92 Å². The summed E-state index contributed by atoms with van der Waals surface area (Å²) in [6.07, 6.45) is -8.64. The standard InChI is InChI=1S/C13H16O7/c1-6-2-4-7(5-3-6)8(14)9(15)10(16)11(17)12(18)13(19)20/h2-5,9-12,15-18H,1H3,(H,19,20)/t9-,10+,11-,12-/m0/s1. The van der Waals surface area contributed by atoms with Gasteiger partial charge >= 0.3 is 5.97 Å².